The molecule has 2 unspecified atom stereocenters. The van der Waals surface area contributed by atoms with Gasteiger partial charge < -0.3 is 5.11 Å². The van der Waals surface area contributed by atoms with Crippen LogP contribution in [0.2, 0.25) is 0 Å². The van der Waals surface area contributed by atoms with Gasteiger partial charge >= 0.3 is 5.97 Å². The van der Waals surface area contributed by atoms with Gasteiger partial charge in [0.05, 0.1) is 5.92 Å². The van der Waals surface area contributed by atoms with Crippen LogP contribution < -0.4 is 0 Å². The molecule has 1 rings (SSSR count). The Bertz CT molecular complexity index is 172. The molecule has 0 aromatic heterocycles. The second-order valence-electron chi connectivity index (χ2n) is 3.07. The van der Waals surface area contributed by atoms with Gasteiger partial charge in [-0.05, 0) is 25.7 Å². The first kappa shape index (κ1) is 8.31. The van der Waals surface area contributed by atoms with Crippen LogP contribution in [0.25, 0.3) is 0 Å². The molecule has 0 aromatic rings. The third-order valence-electron chi connectivity index (χ3n) is 2.33. The summed E-state index contributed by atoms with van der Waals surface area (Å²) < 4.78 is 0. The molecule has 0 amide bonds. The van der Waals surface area contributed by atoms with Crippen LogP contribution in [0.15, 0.2) is 12.2 Å². The van der Waals surface area contributed by atoms with E-state index in [4.69, 9.17) is 5.11 Å². The van der Waals surface area contributed by atoms with Crippen molar-refractivity contribution >= 4 is 5.97 Å². The lowest BCUT2D eigenvalue weighted by molar-refractivity contribution is -0.142. The molecule has 1 saturated carbocycles. The van der Waals surface area contributed by atoms with Crippen molar-refractivity contribution in [2.24, 2.45) is 11.8 Å². The second-order valence-corrected chi connectivity index (χ2v) is 3.07. The molecule has 0 aromatic carbocycles. The predicted molar refractivity (Wildman–Crippen MR) is 43.3 cm³/mol. The highest BCUT2D eigenvalue weighted by Gasteiger charge is 2.30. The molecule has 0 spiro atoms. The van der Waals surface area contributed by atoms with Crippen LogP contribution in [-0.2, 0) is 4.79 Å². The van der Waals surface area contributed by atoms with Crippen molar-refractivity contribution in [3.8, 4) is 0 Å². The number of carboxylic acid groups (broad SMARTS) is 1. The first-order chi connectivity index (χ1) is 5.25. The molecule has 0 saturated heterocycles. The topological polar surface area (TPSA) is 37.3 Å². The maximum absolute atomic E-state index is 10.7. The lowest BCUT2D eigenvalue weighted by atomic mass is 9.96. The number of carbonyl (C=O) groups is 1. The Morgan fingerprint density at radius 3 is 2.82 bits per heavy atom. The number of rotatable bonds is 2. The van der Waals surface area contributed by atoms with Gasteiger partial charge in [-0.1, -0.05) is 18.6 Å². The molecule has 0 radical (unpaired) electrons. The number of hydrogen-bond donors (Lipinski definition) is 1. The van der Waals surface area contributed by atoms with Gasteiger partial charge in [-0.25, -0.2) is 0 Å². The van der Waals surface area contributed by atoms with Gasteiger partial charge in [0.2, 0.25) is 0 Å². The van der Waals surface area contributed by atoms with Crippen molar-refractivity contribution in [3.05, 3.63) is 12.2 Å². The van der Waals surface area contributed by atoms with E-state index in [0.29, 0.717) is 0 Å². The smallest absolute Gasteiger partial charge is 0.307 e. The van der Waals surface area contributed by atoms with Crippen molar-refractivity contribution < 1.29 is 9.90 Å². The molecule has 62 valence electrons. The Balaban J connectivity index is 2.57. The Labute approximate surface area is 66.9 Å². The van der Waals surface area contributed by atoms with Gasteiger partial charge in [-0.15, -0.1) is 0 Å². The normalized spacial score (nSPS) is 31.4. The summed E-state index contributed by atoms with van der Waals surface area (Å²) in [5.41, 5.74) is 0. The monoisotopic (exact) mass is 154 g/mol. The quantitative estimate of drug-likeness (QED) is 0.618. The second kappa shape index (κ2) is 3.56. The molecule has 2 atom stereocenters. The highest BCUT2D eigenvalue weighted by Crippen LogP contribution is 2.32. The van der Waals surface area contributed by atoms with Crippen LogP contribution in [0.3, 0.4) is 0 Å². The standard InChI is InChI=1S/C9H14O2/c1-2-4-7-5-3-6-8(7)9(10)11/h2,4,7-8H,3,5-6H2,1H3,(H,10,11). The summed E-state index contributed by atoms with van der Waals surface area (Å²) >= 11 is 0. The van der Waals surface area contributed by atoms with Gasteiger partial charge in [0.15, 0.2) is 0 Å². The molecule has 11 heavy (non-hydrogen) atoms. The minimum atomic E-state index is -0.634. The van der Waals surface area contributed by atoms with E-state index in [0.717, 1.165) is 19.3 Å². The third kappa shape index (κ3) is 1.82. The van der Waals surface area contributed by atoms with Crippen LogP contribution in [0.5, 0.6) is 0 Å². The Hall–Kier alpha value is -0.790. The van der Waals surface area contributed by atoms with E-state index in [1.54, 1.807) is 0 Å². The van der Waals surface area contributed by atoms with Gasteiger partial charge in [0.25, 0.3) is 0 Å². The van der Waals surface area contributed by atoms with E-state index in [1.165, 1.54) is 0 Å². The first-order valence-electron chi connectivity index (χ1n) is 4.11. The van der Waals surface area contributed by atoms with Crippen LogP contribution in [-0.4, -0.2) is 11.1 Å². The lowest BCUT2D eigenvalue weighted by Crippen LogP contribution is -2.16. The number of aliphatic carboxylic acids is 1. The molecule has 1 aliphatic carbocycles. The third-order valence-corrected chi connectivity index (χ3v) is 2.33. The molecule has 1 N–H and O–H groups in total. The van der Waals surface area contributed by atoms with Crippen LogP contribution in [0, 0.1) is 11.8 Å². The molecule has 0 bridgehead atoms. The summed E-state index contributed by atoms with van der Waals surface area (Å²) in [5, 5.41) is 8.78. The van der Waals surface area contributed by atoms with Gasteiger partial charge in [-0.2, -0.15) is 0 Å². The SMILES string of the molecule is CC=CC1CCCC1C(=O)O. The molecule has 2 heteroatoms. The maximum Gasteiger partial charge on any atom is 0.307 e. The van der Waals surface area contributed by atoms with Gasteiger partial charge in [0.1, 0.15) is 0 Å². The Morgan fingerprint density at radius 1 is 1.55 bits per heavy atom. The zero-order chi connectivity index (χ0) is 8.27. The van der Waals surface area contributed by atoms with Crippen molar-refractivity contribution in [1.82, 2.24) is 0 Å². The van der Waals surface area contributed by atoms with Crippen molar-refractivity contribution in [2.75, 3.05) is 0 Å². The highest BCUT2D eigenvalue weighted by molar-refractivity contribution is 5.71. The fourth-order valence-electron chi connectivity index (χ4n) is 1.77. The largest absolute Gasteiger partial charge is 0.481 e. The van der Waals surface area contributed by atoms with E-state index in [-0.39, 0.29) is 11.8 Å². The summed E-state index contributed by atoms with van der Waals surface area (Å²) in [6.07, 6.45) is 6.93. The minimum absolute atomic E-state index is 0.119. The fraction of sp³-hybridized carbons (Fsp3) is 0.667. The minimum Gasteiger partial charge on any atom is -0.481 e. The van der Waals surface area contributed by atoms with Gasteiger partial charge in [-0.3, -0.25) is 4.79 Å². The Kier molecular flexibility index (Phi) is 2.69. The molecule has 0 heterocycles. The summed E-state index contributed by atoms with van der Waals surface area (Å²) in [4.78, 5) is 10.7. The van der Waals surface area contributed by atoms with Crippen molar-refractivity contribution in [1.29, 1.82) is 0 Å². The van der Waals surface area contributed by atoms with E-state index in [9.17, 15) is 4.79 Å². The van der Waals surface area contributed by atoms with Gasteiger partial charge in [0, 0.05) is 0 Å². The summed E-state index contributed by atoms with van der Waals surface area (Å²) in [6.45, 7) is 1.94. The van der Waals surface area contributed by atoms with E-state index < -0.39 is 5.97 Å². The number of allylic oxidation sites excluding steroid dienone is 2. The van der Waals surface area contributed by atoms with Crippen LogP contribution in [0.4, 0.5) is 0 Å². The van der Waals surface area contributed by atoms with Crippen LogP contribution in [0.1, 0.15) is 26.2 Å². The van der Waals surface area contributed by atoms with Crippen molar-refractivity contribution in [2.45, 2.75) is 26.2 Å². The Morgan fingerprint density at radius 2 is 2.27 bits per heavy atom. The average Bonchev–Trinajstić information content (AvgIpc) is 2.36. The number of carboxylic acids is 1. The molecular weight excluding hydrogens is 140 g/mol. The molecule has 1 aliphatic rings. The maximum atomic E-state index is 10.7. The predicted octanol–water partition coefficient (Wildman–Crippen LogP) is 2.06. The summed E-state index contributed by atoms with van der Waals surface area (Å²) in [5.74, 6) is -0.464. The number of hydrogen-bond acceptors (Lipinski definition) is 1. The lowest BCUT2D eigenvalue weighted by Gasteiger charge is -2.09. The molecule has 1 fully saturated rings. The first-order valence-corrected chi connectivity index (χ1v) is 4.11. The summed E-state index contributed by atoms with van der Waals surface area (Å²) in [7, 11) is 0. The molecule has 0 aliphatic heterocycles. The van der Waals surface area contributed by atoms with E-state index >= 15 is 0 Å². The fourth-order valence-corrected chi connectivity index (χ4v) is 1.77. The molecule has 2 nitrogen and oxygen atoms in total. The van der Waals surface area contributed by atoms with Crippen molar-refractivity contribution in [3.63, 3.8) is 0 Å². The van der Waals surface area contributed by atoms with Crippen LogP contribution >= 0.6 is 0 Å². The van der Waals surface area contributed by atoms with E-state index in [1.807, 2.05) is 19.1 Å². The zero-order valence-electron chi connectivity index (χ0n) is 6.79. The zero-order valence-corrected chi connectivity index (χ0v) is 6.79. The molecular formula is C9H14O2. The van der Waals surface area contributed by atoms with E-state index in [2.05, 4.69) is 0 Å². The average molecular weight is 154 g/mol. The highest BCUT2D eigenvalue weighted by atomic mass is 16.4. The summed E-state index contributed by atoms with van der Waals surface area (Å²) in [6, 6.07) is 0.